The highest BCUT2D eigenvalue weighted by atomic mass is 32.1. The van der Waals surface area contributed by atoms with E-state index in [4.69, 9.17) is 18.0 Å². The van der Waals surface area contributed by atoms with Crippen LogP contribution in [0.3, 0.4) is 0 Å². The number of nitrogen functional groups attached to an aromatic ring is 1. The number of thiocarbonyl (C=S) groups is 1. The van der Waals surface area contributed by atoms with E-state index in [-0.39, 0.29) is 17.8 Å². The first-order valence-electron chi connectivity index (χ1n) is 11.7. The summed E-state index contributed by atoms with van der Waals surface area (Å²) in [4.78, 5) is 19.3. The standard InChI is InChI=1S/C27H27N7OS/c1-33-16-21(15-30-33)20-13-24(25(28)29-14-20)26(35)31-23-10-11-34(17-23)27(36)32-22-9-5-8-19(12-22)18-6-3-2-4-7-18/h2-9,12-16,23H,10-11,17H2,1H3,(H2,28,29)(H,31,35)(H,32,36). The van der Waals surface area contributed by atoms with Crippen molar-refractivity contribution in [3.8, 4) is 22.3 Å². The quantitative estimate of drug-likeness (QED) is 0.359. The van der Waals surface area contributed by atoms with Crippen LogP contribution in [-0.2, 0) is 7.05 Å². The van der Waals surface area contributed by atoms with Crippen molar-refractivity contribution < 1.29 is 4.79 Å². The summed E-state index contributed by atoms with van der Waals surface area (Å²) in [7, 11) is 1.84. The van der Waals surface area contributed by atoms with Crippen LogP contribution in [-0.4, -0.2) is 49.8 Å². The maximum atomic E-state index is 13.0. The molecule has 1 atom stereocenters. The number of aromatic nitrogens is 3. The normalized spacial score (nSPS) is 15.0. The number of anilines is 2. The summed E-state index contributed by atoms with van der Waals surface area (Å²) < 4.78 is 1.70. The molecule has 0 aliphatic carbocycles. The van der Waals surface area contributed by atoms with Crippen molar-refractivity contribution in [1.82, 2.24) is 25.0 Å². The summed E-state index contributed by atoms with van der Waals surface area (Å²) in [5.74, 6) is -0.0440. The number of carbonyl (C=O) groups is 1. The molecule has 2 aromatic heterocycles. The van der Waals surface area contributed by atoms with Gasteiger partial charge in [0.15, 0.2) is 5.11 Å². The fourth-order valence-corrected chi connectivity index (χ4v) is 4.60. The van der Waals surface area contributed by atoms with Crippen molar-refractivity contribution >= 4 is 34.7 Å². The largest absolute Gasteiger partial charge is 0.383 e. The molecule has 0 bridgehead atoms. The minimum Gasteiger partial charge on any atom is -0.383 e. The molecule has 0 saturated carbocycles. The molecule has 4 N–H and O–H groups in total. The number of nitrogens with two attached hydrogens (primary N) is 1. The molecule has 0 radical (unpaired) electrons. The predicted octanol–water partition coefficient (Wildman–Crippen LogP) is 3.93. The molecule has 2 aromatic carbocycles. The second-order valence-electron chi connectivity index (χ2n) is 8.84. The minimum absolute atomic E-state index is 0.0469. The third kappa shape index (κ3) is 5.21. The number of nitrogens with zero attached hydrogens (tertiary/aromatic N) is 4. The van der Waals surface area contributed by atoms with Gasteiger partial charge in [-0.15, -0.1) is 0 Å². The molecular weight excluding hydrogens is 470 g/mol. The Morgan fingerprint density at radius 3 is 2.61 bits per heavy atom. The number of pyridine rings is 1. The Labute approximate surface area is 215 Å². The number of hydrogen-bond acceptors (Lipinski definition) is 5. The summed E-state index contributed by atoms with van der Waals surface area (Å²) >= 11 is 5.67. The van der Waals surface area contributed by atoms with E-state index in [1.165, 1.54) is 0 Å². The molecule has 1 aliphatic heterocycles. The van der Waals surface area contributed by atoms with Gasteiger partial charge in [-0.25, -0.2) is 4.98 Å². The van der Waals surface area contributed by atoms with Crippen LogP contribution in [0.4, 0.5) is 11.5 Å². The third-order valence-corrected chi connectivity index (χ3v) is 6.59. The van der Waals surface area contributed by atoms with Crippen molar-refractivity contribution in [3.63, 3.8) is 0 Å². The summed E-state index contributed by atoms with van der Waals surface area (Å²) in [6, 6.07) is 20.1. The zero-order valence-corrected chi connectivity index (χ0v) is 20.7. The van der Waals surface area contributed by atoms with Gasteiger partial charge in [-0.05, 0) is 48.0 Å². The van der Waals surface area contributed by atoms with Gasteiger partial charge < -0.3 is 21.3 Å². The van der Waals surface area contributed by atoms with E-state index in [1.54, 1.807) is 23.1 Å². The lowest BCUT2D eigenvalue weighted by atomic mass is 10.1. The summed E-state index contributed by atoms with van der Waals surface area (Å²) in [5, 5.41) is 11.3. The number of aryl methyl sites for hydroxylation is 1. The number of benzene rings is 2. The highest BCUT2D eigenvalue weighted by Crippen LogP contribution is 2.24. The van der Waals surface area contributed by atoms with Crippen LogP contribution in [0.2, 0.25) is 0 Å². The van der Waals surface area contributed by atoms with Gasteiger partial charge >= 0.3 is 0 Å². The molecule has 182 valence electrons. The zero-order chi connectivity index (χ0) is 25.1. The van der Waals surface area contributed by atoms with Gasteiger partial charge in [0, 0.05) is 55.4 Å². The smallest absolute Gasteiger partial charge is 0.255 e. The average Bonchev–Trinajstić information content (AvgIpc) is 3.54. The van der Waals surface area contributed by atoms with Gasteiger partial charge in [0.1, 0.15) is 5.82 Å². The molecule has 5 rings (SSSR count). The second-order valence-corrected chi connectivity index (χ2v) is 9.23. The van der Waals surface area contributed by atoms with Gasteiger partial charge in [-0.1, -0.05) is 42.5 Å². The Morgan fingerprint density at radius 1 is 1.03 bits per heavy atom. The Kier molecular flexibility index (Phi) is 6.64. The van der Waals surface area contributed by atoms with E-state index < -0.39 is 0 Å². The number of likely N-dealkylation sites (tertiary alicyclic amines) is 1. The molecule has 1 saturated heterocycles. The Hall–Kier alpha value is -4.24. The molecule has 9 heteroatoms. The van der Waals surface area contributed by atoms with E-state index in [0.717, 1.165) is 40.9 Å². The van der Waals surface area contributed by atoms with Crippen LogP contribution >= 0.6 is 12.2 Å². The summed E-state index contributed by atoms with van der Waals surface area (Å²) in [5.41, 5.74) is 11.2. The van der Waals surface area contributed by atoms with Crippen LogP contribution in [0, 0.1) is 0 Å². The fraction of sp³-hybridized carbons (Fsp3) is 0.185. The van der Waals surface area contributed by atoms with Crippen LogP contribution < -0.4 is 16.4 Å². The summed E-state index contributed by atoms with van der Waals surface area (Å²) in [6.07, 6.45) is 6.03. The molecule has 36 heavy (non-hydrogen) atoms. The van der Waals surface area contributed by atoms with Crippen molar-refractivity contribution in [2.75, 3.05) is 24.1 Å². The van der Waals surface area contributed by atoms with Crippen LogP contribution in [0.15, 0.2) is 79.3 Å². The first-order valence-corrected chi connectivity index (χ1v) is 12.1. The number of nitrogens with one attached hydrogen (secondary N) is 2. The Morgan fingerprint density at radius 2 is 1.83 bits per heavy atom. The number of carbonyl (C=O) groups excluding carboxylic acids is 1. The summed E-state index contributed by atoms with van der Waals surface area (Å²) in [6.45, 7) is 1.37. The first kappa shape index (κ1) is 23.5. The Bertz CT molecular complexity index is 1400. The molecule has 3 heterocycles. The van der Waals surface area contributed by atoms with E-state index >= 15 is 0 Å². The average molecular weight is 498 g/mol. The molecule has 4 aromatic rings. The molecule has 8 nitrogen and oxygen atoms in total. The van der Waals surface area contributed by atoms with Gasteiger partial charge in [-0.2, -0.15) is 5.10 Å². The van der Waals surface area contributed by atoms with Crippen molar-refractivity contribution in [2.45, 2.75) is 12.5 Å². The van der Waals surface area contributed by atoms with E-state index in [9.17, 15) is 4.79 Å². The van der Waals surface area contributed by atoms with E-state index in [2.05, 4.69) is 49.9 Å². The zero-order valence-electron chi connectivity index (χ0n) is 19.9. The van der Waals surface area contributed by atoms with Gasteiger partial charge in [0.05, 0.1) is 11.8 Å². The molecule has 1 unspecified atom stereocenters. The molecule has 0 spiro atoms. The lowest BCUT2D eigenvalue weighted by Gasteiger charge is -2.21. The molecule has 1 fully saturated rings. The van der Waals surface area contributed by atoms with E-state index in [0.29, 0.717) is 17.2 Å². The number of amides is 1. The topological polar surface area (TPSA) is 101 Å². The number of rotatable bonds is 5. The van der Waals surface area contributed by atoms with Crippen molar-refractivity contribution in [1.29, 1.82) is 0 Å². The third-order valence-electron chi connectivity index (χ3n) is 6.23. The molecule has 1 amide bonds. The van der Waals surface area contributed by atoms with Gasteiger partial charge in [0.25, 0.3) is 5.91 Å². The lowest BCUT2D eigenvalue weighted by molar-refractivity contribution is 0.0939. The highest BCUT2D eigenvalue weighted by molar-refractivity contribution is 7.80. The lowest BCUT2D eigenvalue weighted by Crippen LogP contribution is -2.39. The highest BCUT2D eigenvalue weighted by Gasteiger charge is 2.27. The second kappa shape index (κ2) is 10.2. The monoisotopic (exact) mass is 497 g/mol. The Balaban J connectivity index is 1.21. The fourth-order valence-electron chi connectivity index (χ4n) is 4.32. The predicted molar refractivity (Wildman–Crippen MR) is 146 cm³/mol. The van der Waals surface area contributed by atoms with Gasteiger partial charge in [0.2, 0.25) is 0 Å². The maximum absolute atomic E-state index is 13.0. The van der Waals surface area contributed by atoms with Gasteiger partial charge in [-0.3, -0.25) is 9.48 Å². The van der Waals surface area contributed by atoms with Crippen molar-refractivity contribution in [3.05, 3.63) is 84.8 Å². The van der Waals surface area contributed by atoms with Crippen LogP contribution in [0.5, 0.6) is 0 Å². The van der Waals surface area contributed by atoms with E-state index in [1.807, 2.05) is 43.6 Å². The van der Waals surface area contributed by atoms with Crippen LogP contribution in [0.25, 0.3) is 22.3 Å². The first-order chi connectivity index (χ1) is 17.5. The molecule has 1 aliphatic rings. The van der Waals surface area contributed by atoms with Crippen molar-refractivity contribution in [2.24, 2.45) is 7.05 Å². The molecular formula is C27H27N7OS. The minimum atomic E-state index is -0.243. The maximum Gasteiger partial charge on any atom is 0.255 e. The number of hydrogen-bond donors (Lipinski definition) is 3. The van der Waals surface area contributed by atoms with Crippen LogP contribution in [0.1, 0.15) is 16.8 Å². The SMILES string of the molecule is Cn1cc(-c2cnc(N)c(C(=O)NC3CCN(C(=S)Nc4cccc(-c5ccccc5)c4)C3)c2)cn1.